The van der Waals surface area contributed by atoms with Crippen LogP contribution in [0.4, 0.5) is 0 Å². The van der Waals surface area contributed by atoms with E-state index in [4.69, 9.17) is 11.6 Å². The second kappa shape index (κ2) is 5.94. The lowest BCUT2D eigenvalue weighted by Crippen LogP contribution is -2.52. The van der Waals surface area contributed by atoms with Crippen LogP contribution in [0.5, 0.6) is 0 Å². The van der Waals surface area contributed by atoms with Crippen molar-refractivity contribution in [3.8, 4) is 0 Å². The van der Waals surface area contributed by atoms with E-state index < -0.39 is 0 Å². The first-order valence-electron chi connectivity index (χ1n) is 7.93. The molecule has 0 saturated carbocycles. The van der Waals surface area contributed by atoms with Crippen molar-refractivity contribution in [1.82, 2.24) is 4.90 Å². The summed E-state index contributed by atoms with van der Waals surface area (Å²) < 4.78 is 0. The predicted octanol–water partition coefficient (Wildman–Crippen LogP) is 4.33. The molecule has 1 atom stereocenters. The molecule has 1 heterocycles. The lowest BCUT2D eigenvalue weighted by atomic mass is 9.74. The largest absolute Gasteiger partial charge is 0.297 e. The maximum absolute atomic E-state index is 12.8. The Bertz CT molecular complexity index is 563. The van der Waals surface area contributed by atoms with E-state index in [0.29, 0.717) is 12.2 Å². The molecule has 1 fully saturated rings. The molecule has 0 N–H and O–H groups in total. The fourth-order valence-electron chi connectivity index (χ4n) is 3.93. The van der Waals surface area contributed by atoms with E-state index in [2.05, 4.69) is 30.0 Å². The number of carbonyl (C=O) groups excluding carboxylic acids is 1. The molecule has 1 unspecified atom stereocenters. The minimum atomic E-state index is -0.373. The minimum absolute atomic E-state index is 0.373. The van der Waals surface area contributed by atoms with Crippen molar-refractivity contribution < 1.29 is 4.79 Å². The molecule has 3 heteroatoms. The molecule has 2 nitrogen and oxygen atoms in total. The molecule has 0 bridgehead atoms. The molecule has 1 spiro atoms. The summed E-state index contributed by atoms with van der Waals surface area (Å²) in [7, 11) is 0. The second-order valence-corrected chi connectivity index (χ2v) is 6.47. The average molecular weight is 304 g/mol. The van der Waals surface area contributed by atoms with Gasteiger partial charge in [-0.05, 0) is 62.0 Å². The summed E-state index contributed by atoms with van der Waals surface area (Å²) in [6.07, 6.45) is 6.97. The van der Waals surface area contributed by atoms with Crippen LogP contribution in [0.15, 0.2) is 30.3 Å². The number of ketones is 1. The Morgan fingerprint density at radius 3 is 2.76 bits per heavy atom. The van der Waals surface area contributed by atoms with E-state index >= 15 is 0 Å². The molecule has 1 aromatic carbocycles. The van der Waals surface area contributed by atoms with Gasteiger partial charge in [-0.1, -0.05) is 36.7 Å². The van der Waals surface area contributed by atoms with E-state index in [9.17, 15) is 4.79 Å². The van der Waals surface area contributed by atoms with Crippen LogP contribution in [0, 0.1) is 0 Å². The van der Waals surface area contributed by atoms with Crippen LogP contribution in [-0.4, -0.2) is 29.3 Å². The number of allylic oxidation sites excluding steroid dienone is 1. The summed E-state index contributed by atoms with van der Waals surface area (Å²) >= 11 is 6.01. The Balaban J connectivity index is 2.06. The third-order valence-electron chi connectivity index (χ3n) is 4.78. The lowest BCUT2D eigenvalue weighted by Gasteiger charge is -2.41. The highest BCUT2D eigenvalue weighted by Gasteiger charge is 2.50. The van der Waals surface area contributed by atoms with Crippen molar-refractivity contribution in [2.24, 2.45) is 0 Å². The van der Waals surface area contributed by atoms with Gasteiger partial charge in [0.25, 0.3) is 0 Å². The molecule has 1 saturated heterocycles. The highest BCUT2D eigenvalue weighted by Crippen LogP contribution is 2.45. The number of halogens is 1. The molecular formula is C18H22ClNO. The zero-order valence-electron chi connectivity index (χ0n) is 12.6. The Morgan fingerprint density at radius 1 is 1.29 bits per heavy atom. The molecular weight excluding hydrogens is 282 g/mol. The van der Waals surface area contributed by atoms with Crippen LogP contribution >= 0.6 is 11.6 Å². The summed E-state index contributed by atoms with van der Waals surface area (Å²) in [6, 6.07) is 7.95. The molecule has 3 rings (SSSR count). The quantitative estimate of drug-likeness (QED) is 0.828. The number of hydrogen-bond acceptors (Lipinski definition) is 2. The van der Waals surface area contributed by atoms with Crippen LogP contribution in [-0.2, 0) is 4.79 Å². The highest BCUT2D eigenvalue weighted by molar-refractivity contribution is 6.30. The van der Waals surface area contributed by atoms with Crippen molar-refractivity contribution in [3.63, 3.8) is 0 Å². The van der Waals surface area contributed by atoms with Gasteiger partial charge in [0.1, 0.15) is 5.54 Å². The summed E-state index contributed by atoms with van der Waals surface area (Å²) in [6.45, 7) is 4.21. The van der Waals surface area contributed by atoms with Crippen molar-refractivity contribution in [1.29, 1.82) is 0 Å². The van der Waals surface area contributed by atoms with E-state index in [1.54, 1.807) is 0 Å². The fraction of sp³-hybridized carbons (Fsp3) is 0.500. The normalized spacial score (nSPS) is 26.4. The molecule has 2 aliphatic rings. The highest BCUT2D eigenvalue weighted by atomic mass is 35.5. The van der Waals surface area contributed by atoms with Gasteiger partial charge in [-0.3, -0.25) is 9.69 Å². The van der Waals surface area contributed by atoms with Crippen LogP contribution in [0.25, 0.3) is 5.57 Å². The van der Waals surface area contributed by atoms with Gasteiger partial charge in [0.05, 0.1) is 0 Å². The van der Waals surface area contributed by atoms with Crippen LogP contribution < -0.4 is 0 Å². The second-order valence-electron chi connectivity index (χ2n) is 6.04. The molecule has 1 aliphatic carbocycles. The molecule has 1 aliphatic heterocycles. The Labute approximate surface area is 131 Å². The molecule has 0 amide bonds. The van der Waals surface area contributed by atoms with Gasteiger partial charge < -0.3 is 0 Å². The first kappa shape index (κ1) is 14.8. The van der Waals surface area contributed by atoms with Gasteiger partial charge in [-0.2, -0.15) is 0 Å². The average Bonchev–Trinajstić information content (AvgIpc) is 2.88. The first-order chi connectivity index (χ1) is 10.2. The molecule has 21 heavy (non-hydrogen) atoms. The number of nitrogens with zero attached hydrogens (tertiary/aromatic N) is 1. The van der Waals surface area contributed by atoms with Gasteiger partial charge in [0.15, 0.2) is 5.78 Å². The summed E-state index contributed by atoms with van der Waals surface area (Å²) in [4.78, 5) is 15.3. The maximum atomic E-state index is 12.8. The Morgan fingerprint density at radius 2 is 2.05 bits per heavy atom. The number of likely N-dealkylation sites (tertiary alicyclic amines) is 1. The van der Waals surface area contributed by atoms with Crippen LogP contribution in [0.1, 0.15) is 44.6 Å². The standard InChI is InChI=1S/C18H22ClNO/c1-2-12-20-13-4-11-18(20)16(5-3-6-17(18)21)14-7-9-15(19)10-8-14/h5,7-10H,2-4,6,11-13H2,1H3. The van der Waals surface area contributed by atoms with Crippen molar-refractivity contribution >= 4 is 23.0 Å². The van der Waals surface area contributed by atoms with Crippen molar-refractivity contribution in [2.45, 2.75) is 44.6 Å². The smallest absolute Gasteiger partial charge is 0.157 e. The molecule has 0 aromatic heterocycles. The fourth-order valence-corrected chi connectivity index (χ4v) is 4.05. The molecule has 1 aromatic rings. The van der Waals surface area contributed by atoms with E-state index in [-0.39, 0.29) is 5.54 Å². The molecule has 0 radical (unpaired) electrons. The number of carbonyl (C=O) groups is 1. The number of Topliss-reactive ketones (excluding diaryl/α,β-unsaturated/α-hetero) is 1. The zero-order chi connectivity index (χ0) is 14.9. The molecule has 112 valence electrons. The number of hydrogen-bond donors (Lipinski definition) is 0. The van der Waals surface area contributed by atoms with E-state index in [1.165, 1.54) is 5.57 Å². The van der Waals surface area contributed by atoms with E-state index in [0.717, 1.165) is 49.4 Å². The third kappa shape index (κ3) is 2.45. The maximum Gasteiger partial charge on any atom is 0.157 e. The van der Waals surface area contributed by atoms with Crippen LogP contribution in [0.2, 0.25) is 5.02 Å². The van der Waals surface area contributed by atoms with Gasteiger partial charge in [0.2, 0.25) is 0 Å². The summed E-state index contributed by atoms with van der Waals surface area (Å²) in [5, 5.41) is 0.743. The topological polar surface area (TPSA) is 20.3 Å². The van der Waals surface area contributed by atoms with Crippen molar-refractivity contribution in [2.75, 3.05) is 13.1 Å². The summed E-state index contributed by atoms with van der Waals surface area (Å²) in [5.41, 5.74) is 1.99. The Kier molecular flexibility index (Phi) is 4.19. The number of benzene rings is 1. The minimum Gasteiger partial charge on any atom is -0.297 e. The van der Waals surface area contributed by atoms with Gasteiger partial charge >= 0.3 is 0 Å². The van der Waals surface area contributed by atoms with Gasteiger partial charge in [-0.15, -0.1) is 0 Å². The monoisotopic (exact) mass is 303 g/mol. The first-order valence-corrected chi connectivity index (χ1v) is 8.31. The lowest BCUT2D eigenvalue weighted by molar-refractivity contribution is -0.126. The van der Waals surface area contributed by atoms with Crippen LogP contribution in [0.3, 0.4) is 0 Å². The SMILES string of the molecule is CCCN1CCCC12C(=O)CCC=C2c1ccc(Cl)cc1. The third-order valence-corrected chi connectivity index (χ3v) is 5.03. The van der Waals surface area contributed by atoms with Gasteiger partial charge in [-0.25, -0.2) is 0 Å². The van der Waals surface area contributed by atoms with Crippen molar-refractivity contribution in [3.05, 3.63) is 40.9 Å². The number of rotatable bonds is 3. The van der Waals surface area contributed by atoms with Gasteiger partial charge in [0, 0.05) is 11.4 Å². The predicted molar refractivity (Wildman–Crippen MR) is 87.5 cm³/mol. The summed E-state index contributed by atoms with van der Waals surface area (Å²) in [5.74, 6) is 0.404. The van der Waals surface area contributed by atoms with E-state index in [1.807, 2.05) is 12.1 Å². The Hall–Kier alpha value is -1.12. The zero-order valence-corrected chi connectivity index (χ0v) is 13.3.